The van der Waals surface area contributed by atoms with E-state index in [1.807, 2.05) is 42.5 Å². The standard InChI is InChI=1S/C22H20N4O4S/c1-3-10-31-22-23-20-19(24-25-22)15-6-4-5-7-16(15)26(13(2)27)21(30-20)14-8-9-17-18(11-14)29-12-28-17/h4-9,11,21H,3,10,12H2,1-2H3. The van der Waals surface area contributed by atoms with Gasteiger partial charge in [0.1, 0.15) is 0 Å². The van der Waals surface area contributed by atoms with Crippen molar-refractivity contribution >= 4 is 23.4 Å². The lowest BCUT2D eigenvalue weighted by Crippen LogP contribution is -2.36. The van der Waals surface area contributed by atoms with E-state index in [0.29, 0.717) is 33.9 Å². The number of ether oxygens (including phenoxy) is 3. The topological polar surface area (TPSA) is 86.7 Å². The van der Waals surface area contributed by atoms with E-state index in [2.05, 4.69) is 22.1 Å². The van der Waals surface area contributed by atoms with Crippen molar-refractivity contribution in [2.24, 2.45) is 0 Å². The molecular weight excluding hydrogens is 416 g/mol. The molecule has 0 N–H and O–H groups in total. The molecule has 0 saturated carbocycles. The Labute approximate surface area is 183 Å². The molecule has 1 atom stereocenters. The maximum Gasteiger partial charge on any atom is 0.247 e. The molecule has 2 aromatic carbocycles. The number of rotatable bonds is 4. The predicted octanol–water partition coefficient (Wildman–Crippen LogP) is 4.21. The summed E-state index contributed by atoms with van der Waals surface area (Å²) in [5, 5.41) is 9.22. The molecule has 2 aliphatic rings. The second-order valence-electron chi connectivity index (χ2n) is 7.09. The van der Waals surface area contributed by atoms with Crippen molar-refractivity contribution in [1.82, 2.24) is 15.2 Å². The van der Waals surface area contributed by atoms with Crippen LogP contribution < -0.4 is 19.1 Å². The van der Waals surface area contributed by atoms with Gasteiger partial charge < -0.3 is 14.2 Å². The largest absolute Gasteiger partial charge is 0.454 e. The van der Waals surface area contributed by atoms with Crippen molar-refractivity contribution in [3.05, 3.63) is 48.0 Å². The zero-order valence-electron chi connectivity index (χ0n) is 17.1. The van der Waals surface area contributed by atoms with E-state index < -0.39 is 6.23 Å². The molecule has 31 heavy (non-hydrogen) atoms. The fourth-order valence-corrected chi connectivity index (χ4v) is 4.22. The second-order valence-corrected chi connectivity index (χ2v) is 8.15. The summed E-state index contributed by atoms with van der Waals surface area (Å²) in [6.07, 6.45) is 0.238. The highest BCUT2D eigenvalue weighted by Crippen LogP contribution is 2.44. The zero-order chi connectivity index (χ0) is 21.4. The van der Waals surface area contributed by atoms with Gasteiger partial charge in [-0.1, -0.05) is 36.9 Å². The Morgan fingerprint density at radius 2 is 2.00 bits per heavy atom. The molecular formula is C22H20N4O4S. The van der Waals surface area contributed by atoms with Gasteiger partial charge in [0, 0.05) is 23.8 Å². The van der Waals surface area contributed by atoms with Crippen LogP contribution in [0, 0.1) is 0 Å². The molecule has 5 rings (SSSR count). The van der Waals surface area contributed by atoms with Crippen LogP contribution in [-0.2, 0) is 4.79 Å². The maximum atomic E-state index is 12.8. The minimum atomic E-state index is -0.755. The number of amides is 1. The molecule has 1 aromatic heterocycles. The van der Waals surface area contributed by atoms with Gasteiger partial charge in [0.15, 0.2) is 17.2 Å². The molecule has 2 aliphatic heterocycles. The van der Waals surface area contributed by atoms with Gasteiger partial charge in [0.05, 0.1) is 5.69 Å². The van der Waals surface area contributed by atoms with Crippen LogP contribution >= 0.6 is 11.8 Å². The Bertz CT molecular complexity index is 1160. The average Bonchev–Trinajstić information content (AvgIpc) is 3.19. The Kier molecular flexibility index (Phi) is 5.11. The van der Waals surface area contributed by atoms with Gasteiger partial charge in [-0.05, 0) is 30.7 Å². The smallest absolute Gasteiger partial charge is 0.247 e. The molecule has 3 heterocycles. The summed E-state index contributed by atoms with van der Waals surface area (Å²) in [6, 6.07) is 13.0. The van der Waals surface area contributed by atoms with Crippen LogP contribution in [-0.4, -0.2) is 33.6 Å². The number of thioether (sulfide) groups is 1. The fourth-order valence-electron chi connectivity index (χ4n) is 3.59. The monoisotopic (exact) mass is 436 g/mol. The quantitative estimate of drug-likeness (QED) is 0.562. The normalized spacial score (nSPS) is 16.2. The molecule has 0 fully saturated rings. The lowest BCUT2D eigenvalue weighted by atomic mass is 10.1. The number of carbonyl (C=O) groups excluding carboxylic acids is 1. The number of hydrogen-bond donors (Lipinski definition) is 0. The Hall–Kier alpha value is -3.33. The number of fused-ring (bicyclic) bond motifs is 4. The summed E-state index contributed by atoms with van der Waals surface area (Å²) >= 11 is 1.52. The lowest BCUT2D eigenvalue weighted by molar-refractivity contribution is -0.118. The van der Waals surface area contributed by atoms with Crippen molar-refractivity contribution < 1.29 is 19.0 Å². The van der Waals surface area contributed by atoms with Crippen LogP contribution in [0.3, 0.4) is 0 Å². The van der Waals surface area contributed by atoms with E-state index >= 15 is 0 Å². The Morgan fingerprint density at radius 1 is 1.16 bits per heavy atom. The second kappa shape index (κ2) is 8.07. The number of hydrogen-bond acceptors (Lipinski definition) is 8. The summed E-state index contributed by atoms with van der Waals surface area (Å²) in [4.78, 5) is 19.1. The Morgan fingerprint density at radius 3 is 2.84 bits per heavy atom. The molecule has 0 bridgehead atoms. The third-order valence-electron chi connectivity index (χ3n) is 4.97. The molecule has 9 heteroatoms. The minimum absolute atomic E-state index is 0.168. The number of anilines is 1. The molecule has 0 radical (unpaired) electrons. The maximum absolute atomic E-state index is 12.8. The number of para-hydroxylation sites is 1. The highest BCUT2D eigenvalue weighted by atomic mass is 32.2. The van der Waals surface area contributed by atoms with Gasteiger partial charge in [-0.3, -0.25) is 9.69 Å². The van der Waals surface area contributed by atoms with Crippen LogP contribution in [0.1, 0.15) is 32.1 Å². The zero-order valence-corrected chi connectivity index (χ0v) is 17.9. The minimum Gasteiger partial charge on any atom is -0.454 e. The first-order chi connectivity index (χ1) is 15.2. The third-order valence-corrected chi connectivity index (χ3v) is 6.01. The van der Waals surface area contributed by atoms with Gasteiger partial charge in [0.2, 0.25) is 30.0 Å². The average molecular weight is 436 g/mol. The van der Waals surface area contributed by atoms with Crippen molar-refractivity contribution in [3.8, 4) is 28.6 Å². The van der Waals surface area contributed by atoms with E-state index in [9.17, 15) is 4.79 Å². The molecule has 0 saturated heterocycles. The van der Waals surface area contributed by atoms with E-state index in [-0.39, 0.29) is 12.7 Å². The summed E-state index contributed by atoms with van der Waals surface area (Å²) < 4.78 is 17.3. The van der Waals surface area contributed by atoms with Crippen molar-refractivity contribution in [2.45, 2.75) is 31.7 Å². The molecule has 3 aromatic rings. The molecule has 158 valence electrons. The van der Waals surface area contributed by atoms with Gasteiger partial charge in [-0.15, -0.1) is 10.2 Å². The van der Waals surface area contributed by atoms with Crippen molar-refractivity contribution in [3.63, 3.8) is 0 Å². The van der Waals surface area contributed by atoms with E-state index in [1.165, 1.54) is 18.7 Å². The van der Waals surface area contributed by atoms with Crippen LogP contribution in [0.4, 0.5) is 5.69 Å². The van der Waals surface area contributed by atoms with Gasteiger partial charge in [-0.25, -0.2) is 0 Å². The summed E-state index contributed by atoms with van der Waals surface area (Å²) in [7, 11) is 0. The summed E-state index contributed by atoms with van der Waals surface area (Å²) in [5.41, 5.74) is 2.67. The third kappa shape index (κ3) is 3.54. The highest BCUT2D eigenvalue weighted by Gasteiger charge is 2.35. The lowest BCUT2D eigenvalue weighted by Gasteiger charge is -2.29. The van der Waals surface area contributed by atoms with Gasteiger partial charge >= 0.3 is 0 Å². The number of nitrogens with zero attached hydrogens (tertiary/aromatic N) is 4. The van der Waals surface area contributed by atoms with Crippen molar-refractivity contribution in [1.29, 1.82) is 0 Å². The van der Waals surface area contributed by atoms with Crippen LogP contribution in [0.25, 0.3) is 11.3 Å². The molecule has 0 spiro atoms. The highest BCUT2D eigenvalue weighted by molar-refractivity contribution is 7.99. The number of aromatic nitrogens is 3. The van der Waals surface area contributed by atoms with E-state index in [1.54, 1.807) is 4.90 Å². The molecule has 8 nitrogen and oxygen atoms in total. The van der Waals surface area contributed by atoms with Gasteiger partial charge in [0.25, 0.3) is 0 Å². The Balaban J connectivity index is 1.67. The number of benzene rings is 2. The number of carbonyl (C=O) groups is 1. The van der Waals surface area contributed by atoms with Gasteiger partial charge in [-0.2, -0.15) is 4.98 Å². The van der Waals surface area contributed by atoms with Crippen LogP contribution in [0.15, 0.2) is 47.6 Å². The van der Waals surface area contributed by atoms with Crippen LogP contribution in [0.5, 0.6) is 17.4 Å². The van der Waals surface area contributed by atoms with E-state index in [0.717, 1.165) is 23.3 Å². The van der Waals surface area contributed by atoms with Crippen LogP contribution in [0.2, 0.25) is 0 Å². The first-order valence-electron chi connectivity index (χ1n) is 9.98. The molecule has 1 unspecified atom stereocenters. The fraction of sp³-hybridized carbons (Fsp3) is 0.273. The summed E-state index contributed by atoms with van der Waals surface area (Å²) in [6.45, 7) is 3.77. The van der Waals surface area contributed by atoms with E-state index in [4.69, 9.17) is 14.2 Å². The first kappa shape index (κ1) is 19.6. The molecule has 1 amide bonds. The SMILES string of the molecule is CCCSc1nnc2c(n1)OC(c1ccc3c(c1)OCO3)N(C(C)=O)c1ccccc1-2. The first-order valence-corrected chi connectivity index (χ1v) is 11.0. The molecule has 0 aliphatic carbocycles. The predicted molar refractivity (Wildman–Crippen MR) is 115 cm³/mol. The summed E-state index contributed by atoms with van der Waals surface area (Å²) in [5.74, 6) is 2.32. The van der Waals surface area contributed by atoms with Crippen molar-refractivity contribution in [2.75, 3.05) is 17.4 Å².